The molecular weight excluding hydrogens is 252 g/mol. The summed E-state index contributed by atoms with van der Waals surface area (Å²) in [4.78, 5) is 21.2. The molecule has 1 atom stereocenters. The van der Waals surface area contributed by atoms with Crippen molar-refractivity contribution >= 4 is 17.3 Å². The summed E-state index contributed by atoms with van der Waals surface area (Å²) in [7, 11) is 1.50. The average molecular weight is 268 g/mol. The highest BCUT2D eigenvalue weighted by atomic mass is 16.6. The van der Waals surface area contributed by atoms with Crippen LogP contribution in [-0.2, 0) is 9.53 Å². The van der Waals surface area contributed by atoms with Crippen molar-refractivity contribution in [1.82, 2.24) is 0 Å². The smallest absolute Gasteiger partial charge is 0.326 e. The van der Waals surface area contributed by atoms with Gasteiger partial charge in [0.15, 0.2) is 0 Å². The number of rotatable bonds is 7. The van der Waals surface area contributed by atoms with Gasteiger partial charge in [-0.2, -0.15) is 0 Å². The van der Waals surface area contributed by atoms with Gasteiger partial charge in [0.05, 0.1) is 4.92 Å². The van der Waals surface area contributed by atoms with Crippen LogP contribution in [0.5, 0.6) is 0 Å². The van der Waals surface area contributed by atoms with Crippen LogP contribution in [0.4, 0.5) is 11.4 Å². The zero-order valence-corrected chi connectivity index (χ0v) is 10.8. The number of hydrogen-bond acceptors (Lipinski definition) is 5. The summed E-state index contributed by atoms with van der Waals surface area (Å²) in [6.45, 7) is 2.00. The first kappa shape index (κ1) is 14.9. The Hall–Kier alpha value is -2.15. The number of non-ortho nitro benzene ring substituents is 1. The second-order valence-electron chi connectivity index (χ2n) is 4.07. The van der Waals surface area contributed by atoms with Gasteiger partial charge in [0.1, 0.15) is 6.04 Å². The molecule has 0 saturated carbocycles. The summed E-state index contributed by atoms with van der Waals surface area (Å²) in [6.07, 6.45) is 0.308. The zero-order chi connectivity index (χ0) is 14.4. The molecule has 19 heavy (non-hydrogen) atoms. The van der Waals surface area contributed by atoms with Crippen molar-refractivity contribution in [3.05, 3.63) is 33.9 Å². The van der Waals surface area contributed by atoms with Gasteiger partial charge >= 0.3 is 5.97 Å². The number of carboxylic acids is 1. The minimum Gasteiger partial charge on any atom is -0.480 e. The van der Waals surface area contributed by atoms with Crippen molar-refractivity contribution in [2.24, 2.45) is 0 Å². The first-order valence-electron chi connectivity index (χ1n) is 5.69. The molecule has 7 nitrogen and oxygen atoms in total. The molecule has 0 bridgehead atoms. The summed E-state index contributed by atoms with van der Waals surface area (Å²) < 4.78 is 4.85. The Morgan fingerprint density at radius 1 is 1.58 bits per heavy atom. The topological polar surface area (TPSA) is 102 Å². The Kier molecular flexibility index (Phi) is 5.25. The molecule has 0 amide bonds. The fraction of sp³-hybridized carbons (Fsp3) is 0.417. The van der Waals surface area contributed by atoms with Gasteiger partial charge in [0.2, 0.25) is 0 Å². The third-order valence-electron chi connectivity index (χ3n) is 2.66. The van der Waals surface area contributed by atoms with Gasteiger partial charge in [-0.05, 0) is 18.6 Å². The number of nitrogens with one attached hydrogen (secondary N) is 1. The molecule has 0 aliphatic rings. The SMILES string of the molecule is COCCC(Nc1ccc([N+](=O)[O-])cc1C)C(=O)O. The van der Waals surface area contributed by atoms with E-state index in [0.717, 1.165) is 0 Å². The fourth-order valence-corrected chi connectivity index (χ4v) is 1.60. The van der Waals surface area contributed by atoms with Crippen LogP contribution in [0.3, 0.4) is 0 Å². The van der Waals surface area contributed by atoms with Crippen LogP contribution in [0.15, 0.2) is 18.2 Å². The van der Waals surface area contributed by atoms with Gasteiger partial charge in [-0.15, -0.1) is 0 Å². The van der Waals surface area contributed by atoms with Crippen LogP contribution in [0.25, 0.3) is 0 Å². The van der Waals surface area contributed by atoms with Crippen molar-refractivity contribution in [3.8, 4) is 0 Å². The van der Waals surface area contributed by atoms with E-state index in [1.165, 1.54) is 25.3 Å². The number of aliphatic carboxylic acids is 1. The molecule has 1 unspecified atom stereocenters. The van der Waals surface area contributed by atoms with Crippen molar-refractivity contribution < 1.29 is 19.6 Å². The highest BCUT2D eigenvalue weighted by Gasteiger charge is 2.18. The van der Waals surface area contributed by atoms with E-state index >= 15 is 0 Å². The first-order chi connectivity index (χ1) is 8.95. The molecule has 0 aliphatic carbocycles. The van der Waals surface area contributed by atoms with Crippen LogP contribution in [0.2, 0.25) is 0 Å². The third kappa shape index (κ3) is 4.22. The van der Waals surface area contributed by atoms with Crippen LogP contribution in [-0.4, -0.2) is 35.8 Å². The standard InChI is InChI=1S/C12H16N2O5/c1-8-7-9(14(17)18)3-4-10(8)13-11(12(15)16)5-6-19-2/h3-4,7,11,13H,5-6H2,1-2H3,(H,15,16). The van der Waals surface area contributed by atoms with Crippen LogP contribution in [0.1, 0.15) is 12.0 Å². The number of nitro benzene ring substituents is 1. The number of ether oxygens (including phenoxy) is 1. The normalized spacial score (nSPS) is 11.9. The van der Waals surface area contributed by atoms with E-state index in [2.05, 4.69) is 5.32 Å². The van der Waals surface area contributed by atoms with Crippen LogP contribution in [0, 0.1) is 17.0 Å². The summed E-state index contributed by atoms with van der Waals surface area (Å²) in [5.74, 6) is -0.991. The monoisotopic (exact) mass is 268 g/mol. The third-order valence-corrected chi connectivity index (χ3v) is 2.66. The maximum absolute atomic E-state index is 11.1. The maximum atomic E-state index is 11.1. The van der Waals surface area contributed by atoms with E-state index in [-0.39, 0.29) is 5.69 Å². The molecule has 1 rings (SSSR count). The van der Waals surface area contributed by atoms with E-state index in [1.54, 1.807) is 6.92 Å². The Labute approximate surface area is 110 Å². The number of hydrogen-bond donors (Lipinski definition) is 2. The lowest BCUT2D eigenvalue weighted by molar-refractivity contribution is -0.384. The van der Waals surface area contributed by atoms with Crippen molar-refractivity contribution in [2.75, 3.05) is 19.0 Å². The zero-order valence-electron chi connectivity index (χ0n) is 10.8. The van der Waals surface area contributed by atoms with Gasteiger partial charge in [0.25, 0.3) is 5.69 Å². The Balaban J connectivity index is 2.84. The summed E-state index contributed by atoms with van der Waals surface area (Å²) in [6, 6.07) is 3.46. The lowest BCUT2D eigenvalue weighted by Gasteiger charge is -2.16. The van der Waals surface area contributed by atoms with Gasteiger partial charge < -0.3 is 15.2 Å². The average Bonchev–Trinajstić information content (AvgIpc) is 2.35. The predicted octanol–water partition coefficient (Wildman–Crippen LogP) is 1.80. The van der Waals surface area contributed by atoms with Crippen LogP contribution >= 0.6 is 0 Å². The Bertz CT molecular complexity index is 475. The number of methoxy groups -OCH3 is 1. The predicted molar refractivity (Wildman–Crippen MR) is 69.4 cm³/mol. The Morgan fingerprint density at radius 2 is 2.26 bits per heavy atom. The molecule has 2 N–H and O–H groups in total. The molecule has 0 heterocycles. The number of carboxylic acid groups (broad SMARTS) is 1. The molecule has 0 saturated heterocycles. The fourth-order valence-electron chi connectivity index (χ4n) is 1.60. The largest absolute Gasteiger partial charge is 0.480 e. The summed E-state index contributed by atoms with van der Waals surface area (Å²) in [5, 5.41) is 22.5. The van der Waals surface area contributed by atoms with E-state index in [9.17, 15) is 14.9 Å². The van der Waals surface area contributed by atoms with E-state index in [1.807, 2.05) is 0 Å². The number of benzene rings is 1. The second kappa shape index (κ2) is 6.69. The van der Waals surface area contributed by atoms with Gasteiger partial charge in [-0.25, -0.2) is 4.79 Å². The lowest BCUT2D eigenvalue weighted by atomic mass is 10.1. The van der Waals surface area contributed by atoms with Gasteiger partial charge in [0, 0.05) is 38.0 Å². The molecule has 1 aromatic carbocycles. The summed E-state index contributed by atoms with van der Waals surface area (Å²) >= 11 is 0. The molecule has 0 fully saturated rings. The highest BCUT2D eigenvalue weighted by molar-refractivity contribution is 5.77. The number of nitrogens with zero attached hydrogens (tertiary/aromatic N) is 1. The van der Waals surface area contributed by atoms with Crippen LogP contribution < -0.4 is 5.32 Å². The molecule has 0 spiro atoms. The molecule has 1 aromatic rings. The maximum Gasteiger partial charge on any atom is 0.326 e. The highest BCUT2D eigenvalue weighted by Crippen LogP contribution is 2.22. The van der Waals surface area contributed by atoms with Crippen molar-refractivity contribution in [1.29, 1.82) is 0 Å². The summed E-state index contributed by atoms with van der Waals surface area (Å²) in [5.41, 5.74) is 1.17. The van der Waals surface area contributed by atoms with Gasteiger partial charge in [-0.1, -0.05) is 0 Å². The number of nitro groups is 1. The molecule has 104 valence electrons. The number of anilines is 1. The van der Waals surface area contributed by atoms with E-state index in [0.29, 0.717) is 24.3 Å². The molecule has 0 radical (unpaired) electrons. The quantitative estimate of drug-likeness (QED) is 0.577. The van der Waals surface area contributed by atoms with Crippen molar-refractivity contribution in [2.45, 2.75) is 19.4 Å². The van der Waals surface area contributed by atoms with E-state index < -0.39 is 16.9 Å². The molecule has 0 aromatic heterocycles. The Morgan fingerprint density at radius 3 is 2.74 bits per heavy atom. The molecular formula is C12H16N2O5. The first-order valence-corrected chi connectivity index (χ1v) is 5.69. The minimum absolute atomic E-state index is 0.0215. The van der Waals surface area contributed by atoms with Crippen molar-refractivity contribution in [3.63, 3.8) is 0 Å². The lowest BCUT2D eigenvalue weighted by Crippen LogP contribution is -2.30. The number of carbonyl (C=O) groups is 1. The molecule has 0 aliphatic heterocycles. The van der Waals surface area contributed by atoms with E-state index in [4.69, 9.17) is 9.84 Å². The molecule has 7 heteroatoms. The van der Waals surface area contributed by atoms with Gasteiger partial charge in [-0.3, -0.25) is 10.1 Å². The number of aryl methyl sites for hydroxylation is 1. The minimum atomic E-state index is -0.991. The second-order valence-corrected chi connectivity index (χ2v) is 4.07.